The molecule has 0 bridgehead atoms. The van der Waals surface area contributed by atoms with Gasteiger partial charge in [-0.2, -0.15) is 25.3 Å². The average molecular weight is 1710 g/mol. The Balaban J connectivity index is 1.78. The Hall–Kier alpha value is -12.3. The zero-order valence-corrected chi connectivity index (χ0v) is 68.9. The predicted octanol–water partition coefficient (Wildman–Crippen LogP) is -5.58. The summed E-state index contributed by atoms with van der Waals surface area (Å²) in [5, 5.41) is 85.8. The second kappa shape index (κ2) is 50.3. The second-order valence-electron chi connectivity index (χ2n) is 28.8. The number of para-hydroxylation sites is 1. The van der Waals surface area contributed by atoms with Crippen LogP contribution in [0.4, 0.5) is 0 Å². The molecule has 43 nitrogen and oxygen atoms in total. The molecular formula is C74H110N20O23S2. The number of hydrogen-bond acceptors (Lipinski definition) is 23. The van der Waals surface area contributed by atoms with Gasteiger partial charge in [-0.25, -0.2) is 0 Å². The van der Waals surface area contributed by atoms with Crippen molar-refractivity contribution >= 4 is 155 Å². The van der Waals surface area contributed by atoms with E-state index in [4.69, 9.17) is 16.9 Å². The van der Waals surface area contributed by atoms with E-state index in [9.17, 15) is 112 Å². The van der Waals surface area contributed by atoms with Gasteiger partial charge in [0.25, 0.3) is 0 Å². The maximum Gasteiger partial charge on any atom is 0.305 e. The van der Waals surface area contributed by atoms with E-state index in [1.54, 1.807) is 72.0 Å². The summed E-state index contributed by atoms with van der Waals surface area (Å²) in [6.07, 6.45) is -2.34. The first-order valence-corrected chi connectivity index (χ1v) is 39.2. The standard InChI is InChI=1S/C74H110N20O23S2/c1-10-36(6)60(94-66(110)46(21-22-56(99)100)86-72(116)59(35(4)5)93-69(113)49(85-54(97)30-79-39(9)95)26-41-29-80-44-15-12-11-14-43(41)44)73(117)92-52(32-118)70(114)83-37(7)62(106)82-38(8)63(107)88-50(27-57(101)102)67(111)90-51(28-58(103)104)68(112)89-48(25-40-17-19-42(96)20-18-40)64(108)81-31-55(98)84-45(16-13-23-78-74(76)77)65(109)91-53(33-119)71(115)87-47(61(75)105)24-34(2)3/h11-12,14-15,17-20,29,34-38,45-53,59-60,80,96,118-119H,10,13,16,21-28,30-33H2,1-9H3,(H2,75,105)(H,79,95)(H,81,108)(H,82,106)(H,83,114)(H,84,98)(H,85,97)(H,86,116)(H,87,115)(H,88,107)(H,89,112)(H,90,111)(H,91,109)(H,92,117)(H,93,113)(H,94,110)(H,99,100)(H,101,102)(H,103,104)(H4,76,77,78)/t36-,37-,38-,45-,46-,47-,48-,49-,50-,51-,52-,53-,59-,60-/m0/s1. The van der Waals surface area contributed by atoms with Gasteiger partial charge < -0.3 is 122 Å². The van der Waals surface area contributed by atoms with E-state index in [2.05, 4.69) is 115 Å². The third-order valence-corrected chi connectivity index (χ3v) is 18.9. The number of carboxylic acid groups (broad SMARTS) is 3. The maximum atomic E-state index is 14.3. The van der Waals surface area contributed by atoms with E-state index >= 15 is 0 Å². The Morgan fingerprint density at radius 2 is 0.899 bits per heavy atom. The van der Waals surface area contributed by atoms with Crippen molar-refractivity contribution < 1.29 is 112 Å². The number of fused-ring (bicyclic) bond motifs is 1. The van der Waals surface area contributed by atoms with Crippen molar-refractivity contribution in [3.63, 3.8) is 0 Å². The zero-order valence-electron chi connectivity index (χ0n) is 67.1. The van der Waals surface area contributed by atoms with Crippen LogP contribution in [0.1, 0.15) is 125 Å². The molecule has 656 valence electrons. The minimum atomic E-state index is -2.16. The summed E-state index contributed by atoms with van der Waals surface area (Å²) in [4.78, 5) is 257. The topological polar surface area (TPSA) is 689 Å². The molecule has 0 aliphatic carbocycles. The minimum Gasteiger partial charge on any atom is -0.508 e. The fourth-order valence-corrected chi connectivity index (χ4v) is 12.0. The van der Waals surface area contributed by atoms with Crippen LogP contribution in [0.2, 0.25) is 0 Å². The molecule has 16 amide bonds. The molecule has 0 saturated heterocycles. The van der Waals surface area contributed by atoms with Crippen LogP contribution in [0.15, 0.2) is 54.7 Å². The van der Waals surface area contributed by atoms with Gasteiger partial charge >= 0.3 is 17.9 Å². The monoisotopic (exact) mass is 1710 g/mol. The van der Waals surface area contributed by atoms with Gasteiger partial charge in [-0.15, -0.1) is 0 Å². The largest absolute Gasteiger partial charge is 0.508 e. The number of phenols is 1. The molecule has 1 heterocycles. The van der Waals surface area contributed by atoms with Gasteiger partial charge in [0, 0.05) is 61.3 Å². The molecule has 0 aliphatic rings. The fraction of sp³-hybridized carbons (Fsp3) is 0.541. The van der Waals surface area contributed by atoms with E-state index in [0.717, 1.165) is 24.8 Å². The molecular weight excluding hydrogens is 1600 g/mol. The molecule has 3 aromatic rings. The second-order valence-corrected chi connectivity index (χ2v) is 29.5. The van der Waals surface area contributed by atoms with Gasteiger partial charge in [0.1, 0.15) is 84.3 Å². The molecule has 3 rings (SSSR count). The minimum absolute atomic E-state index is 0.0306. The van der Waals surface area contributed by atoms with Crippen molar-refractivity contribution in [1.29, 1.82) is 5.41 Å². The number of aliphatic carboxylic acids is 3. The molecule has 0 unspecified atom stereocenters. The third-order valence-electron chi connectivity index (χ3n) is 18.2. The van der Waals surface area contributed by atoms with Gasteiger partial charge in [0.2, 0.25) is 94.5 Å². The Morgan fingerprint density at radius 3 is 1.43 bits per heavy atom. The SMILES string of the molecule is CC[C@H](C)[C@H](NC(=O)[C@H](CCC(=O)O)NC(=O)[C@@H](NC(=O)[C@H](Cc1c[nH]c2ccccc12)NC(=O)CNC(C)=O)C(C)C)C(=O)N[C@@H](CS)C(=O)N[C@@H](C)C(=O)N[C@@H](C)C(=O)N[C@@H](CC(=O)O)C(=O)N[C@@H](CC(=O)O)C(=O)N[C@@H](Cc1ccc(O)cc1)C(=O)NCC(=O)N[C@@H](CCCNC(=N)N)C(=O)N[C@@H](CS)C(=O)N[C@@H](CC(C)C)C(N)=O. The number of guanidine groups is 1. The number of benzene rings is 2. The number of rotatable bonds is 52. The highest BCUT2D eigenvalue weighted by Crippen LogP contribution is 2.21. The van der Waals surface area contributed by atoms with Crippen molar-refractivity contribution in [2.24, 2.45) is 29.2 Å². The summed E-state index contributed by atoms with van der Waals surface area (Å²) < 4.78 is 0. The van der Waals surface area contributed by atoms with Crippen molar-refractivity contribution in [2.75, 3.05) is 31.1 Å². The molecule has 0 aliphatic heterocycles. The molecule has 0 spiro atoms. The fourth-order valence-electron chi connectivity index (χ4n) is 11.4. The molecule has 2 aromatic carbocycles. The first-order valence-electron chi connectivity index (χ1n) is 37.9. The lowest BCUT2D eigenvalue weighted by atomic mass is 9.96. The molecule has 14 atom stereocenters. The number of nitrogens with two attached hydrogens (primary N) is 2. The average Bonchev–Trinajstić information content (AvgIpc) is 1.72. The van der Waals surface area contributed by atoms with Crippen LogP contribution in [-0.4, -0.2) is 253 Å². The van der Waals surface area contributed by atoms with E-state index in [1.165, 1.54) is 31.2 Å². The molecule has 119 heavy (non-hydrogen) atoms. The van der Waals surface area contributed by atoms with Gasteiger partial charge in [0.05, 0.1) is 25.9 Å². The van der Waals surface area contributed by atoms with E-state index in [1.807, 2.05) is 0 Å². The van der Waals surface area contributed by atoms with Crippen molar-refractivity contribution in [3.8, 4) is 5.75 Å². The first kappa shape index (κ1) is 101. The van der Waals surface area contributed by atoms with E-state index < -0.39 is 260 Å². The molecule has 0 saturated carbocycles. The Bertz CT molecular complexity index is 4130. The predicted molar refractivity (Wildman–Crippen MR) is 433 cm³/mol. The third kappa shape index (κ3) is 36.0. The number of carboxylic acids is 3. The number of phenolic OH excluding ortho intramolecular Hbond substituents is 1. The number of hydrogen-bond donors (Lipinski definition) is 26. The number of primary amides is 1. The smallest absolute Gasteiger partial charge is 0.305 e. The molecule has 45 heteroatoms. The summed E-state index contributed by atoms with van der Waals surface area (Å²) in [7, 11) is 0. The lowest BCUT2D eigenvalue weighted by molar-refractivity contribution is -0.143. The summed E-state index contributed by atoms with van der Waals surface area (Å²) in [6, 6.07) is -8.55. The Labute approximate surface area is 695 Å². The summed E-state index contributed by atoms with van der Waals surface area (Å²) >= 11 is 8.37. The van der Waals surface area contributed by atoms with Crippen LogP contribution in [-0.2, 0) is 104 Å². The van der Waals surface area contributed by atoms with Gasteiger partial charge in [-0.3, -0.25) is 96.5 Å². The van der Waals surface area contributed by atoms with Crippen molar-refractivity contribution in [2.45, 2.75) is 205 Å². The number of carbonyl (C=O) groups excluding carboxylic acids is 16. The zero-order chi connectivity index (χ0) is 89.7. The highest BCUT2D eigenvalue weighted by molar-refractivity contribution is 7.80. The molecule has 26 N–H and O–H groups in total. The summed E-state index contributed by atoms with van der Waals surface area (Å²) in [6.45, 7) is 11.9. The lowest BCUT2D eigenvalue weighted by Crippen LogP contribution is -2.61. The van der Waals surface area contributed by atoms with Gasteiger partial charge in [-0.05, 0) is 86.6 Å². The van der Waals surface area contributed by atoms with Crippen molar-refractivity contribution in [1.82, 2.24) is 90.1 Å². The highest BCUT2D eigenvalue weighted by Gasteiger charge is 2.39. The normalized spacial score (nSPS) is 14.6. The number of amides is 16. The Kier molecular flexibility index (Phi) is 42.7. The molecule has 0 radical (unpaired) electrons. The number of carbonyl (C=O) groups is 19. The number of aromatic amines is 1. The summed E-state index contributed by atoms with van der Waals surface area (Å²) in [5.41, 5.74) is 12.4. The summed E-state index contributed by atoms with van der Waals surface area (Å²) in [5.74, 6) is -23.9. The van der Waals surface area contributed by atoms with Gasteiger partial charge in [0.15, 0.2) is 5.96 Å². The van der Waals surface area contributed by atoms with Crippen molar-refractivity contribution in [3.05, 3.63) is 65.9 Å². The number of thiol groups is 2. The van der Waals surface area contributed by atoms with Gasteiger partial charge in [-0.1, -0.05) is 78.3 Å². The molecule has 0 fully saturated rings. The number of aromatic nitrogens is 1. The van der Waals surface area contributed by atoms with E-state index in [-0.39, 0.29) is 61.6 Å². The molecule has 1 aromatic heterocycles. The van der Waals surface area contributed by atoms with Crippen LogP contribution >= 0.6 is 25.3 Å². The van der Waals surface area contributed by atoms with Crippen LogP contribution < -0.4 is 96.5 Å². The lowest BCUT2D eigenvalue weighted by Gasteiger charge is -2.30. The number of nitrogens with one attached hydrogen (secondary N) is 18. The number of H-pyrrole nitrogens is 1. The van der Waals surface area contributed by atoms with E-state index in [0.29, 0.717) is 5.56 Å². The van der Waals surface area contributed by atoms with Crippen LogP contribution in [0.5, 0.6) is 5.75 Å². The first-order chi connectivity index (χ1) is 55.9. The highest BCUT2D eigenvalue weighted by atomic mass is 32.1. The maximum absolute atomic E-state index is 14.3. The van der Waals surface area contributed by atoms with Crippen LogP contribution in [0.3, 0.4) is 0 Å². The quantitative estimate of drug-likeness (QED) is 0.0108. The number of aromatic hydroxyl groups is 1. The van der Waals surface area contributed by atoms with Crippen LogP contribution in [0.25, 0.3) is 10.9 Å². The Morgan fingerprint density at radius 1 is 0.462 bits per heavy atom. The van der Waals surface area contributed by atoms with Crippen LogP contribution in [0, 0.1) is 23.2 Å².